The fourth-order valence-corrected chi connectivity index (χ4v) is 3.78. The lowest BCUT2D eigenvalue weighted by Crippen LogP contribution is -2.42. The second-order valence-corrected chi connectivity index (χ2v) is 6.37. The molecule has 1 heterocycles. The molecule has 1 N–H and O–H groups in total. The monoisotopic (exact) mass is 260 g/mol. The van der Waals surface area contributed by atoms with E-state index in [9.17, 15) is 0 Å². The van der Waals surface area contributed by atoms with E-state index in [1.165, 1.54) is 48.4 Å². The Morgan fingerprint density at radius 3 is 2.78 bits per heavy atom. The lowest BCUT2D eigenvalue weighted by molar-refractivity contribution is 0.335. The quantitative estimate of drug-likeness (QED) is 0.815. The maximum atomic E-state index is 5.07. The first kappa shape index (κ1) is 12.1. The lowest BCUT2D eigenvalue weighted by Gasteiger charge is -2.39. The Morgan fingerprint density at radius 1 is 1.22 bits per heavy atom. The first-order valence-corrected chi connectivity index (χ1v) is 7.92. The minimum absolute atomic E-state index is 0.00981. The highest BCUT2D eigenvalue weighted by molar-refractivity contribution is 8.14. The summed E-state index contributed by atoms with van der Waals surface area (Å²) in [6.45, 7) is 2.20. The molecule has 96 valence electrons. The number of thioether (sulfide) groups is 1. The zero-order valence-electron chi connectivity index (χ0n) is 10.9. The number of para-hydroxylation sites is 1. The van der Waals surface area contributed by atoms with Crippen molar-refractivity contribution in [1.82, 2.24) is 0 Å². The van der Waals surface area contributed by atoms with Crippen LogP contribution < -0.4 is 5.32 Å². The van der Waals surface area contributed by atoms with Crippen LogP contribution in [0.15, 0.2) is 29.3 Å². The molecule has 1 aromatic rings. The van der Waals surface area contributed by atoms with E-state index in [-0.39, 0.29) is 5.66 Å². The third-order valence-electron chi connectivity index (χ3n) is 3.80. The molecule has 0 atom stereocenters. The summed E-state index contributed by atoms with van der Waals surface area (Å²) in [6.07, 6.45) is 6.30. The summed E-state index contributed by atoms with van der Waals surface area (Å²) < 4.78 is 0. The highest BCUT2D eigenvalue weighted by Gasteiger charge is 2.35. The summed E-state index contributed by atoms with van der Waals surface area (Å²) in [4.78, 5) is 5.07. The molecule has 1 spiro atoms. The summed E-state index contributed by atoms with van der Waals surface area (Å²) in [7, 11) is 0. The third-order valence-corrected chi connectivity index (χ3v) is 4.68. The third kappa shape index (κ3) is 2.16. The van der Waals surface area contributed by atoms with Gasteiger partial charge in [-0.2, -0.15) is 0 Å². The van der Waals surface area contributed by atoms with Crippen molar-refractivity contribution in [3.63, 3.8) is 0 Å². The number of hydrogen-bond donors (Lipinski definition) is 1. The first-order chi connectivity index (χ1) is 8.83. The van der Waals surface area contributed by atoms with Crippen molar-refractivity contribution in [3.05, 3.63) is 29.8 Å². The molecule has 2 aliphatic rings. The maximum absolute atomic E-state index is 5.07. The second-order valence-electron chi connectivity index (χ2n) is 5.11. The van der Waals surface area contributed by atoms with Crippen LogP contribution in [0.4, 0.5) is 5.69 Å². The summed E-state index contributed by atoms with van der Waals surface area (Å²) >= 11 is 1.87. The standard InChI is InChI=1S/C15H20N2S/c1-2-18-14-12-8-4-5-9-13(12)16-15(17-14)10-6-3-7-11-15/h4-5,8-9,16H,2-3,6-7,10-11H2,1H3. The molecule has 2 nitrogen and oxygen atoms in total. The number of nitrogens with zero attached hydrogens (tertiary/aromatic N) is 1. The Hall–Kier alpha value is -0.960. The molecule has 1 fully saturated rings. The predicted molar refractivity (Wildman–Crippen MR) is 80.5 cm³/mol. The number of hydrogen-bond acceptors (Lipinski definition) is 3. The van der Waals surface area contributed by atoms with E-state index < -0.39 is 0 Å². The highest BCUT2D eigenvalue weighted by atomic mass is 32.2. The van der Waals surface area contributed by atoms with Crippen molar-refractivity contribution < 1.29 is 0 Å². The second kappa shape index (κ2) is 4.96. The number of nitrogens with one attached hydrogen (secondary N) is 1. The van der Waals surface area contributed by atoms with Gasteiger partial charge < -0.3 is 5.32 Å². The van der Waals surface area contributed by atoms with E-state index in [4.69, 9.17) is 4.99 Å². The van der Waals surface area contributed by atoms with Crippen LogP contribution in [0.3, 0.4) is 0 Å². The van der Waals surface area contributed by atoms with Crippen LogP contribution in [0.2, 0.25) is 0 Å². The van der Waals surface area contributed by atoms with E-state index in [0.717, 1.165) is 5.75 Å². The molecule has 1 aromatic carbocycles. The summed E-state index contributed by atoms with van der Waals surface area (Å²) in [6, 6.07) is 8.59. The molecule has 1 saturated carbocycles. The molecule has 0 saturated heterocycles. The van der Waals surface area contributed by atoms with Gasteiger partial charge in [-0.15, -0.1) is 11.8 Å². The smallest absolute Gasteiger partial charge is 0.130 e. The molecule has 18 heavy (non-hydrogen) atoms. The molecule has 0 radical (unpaired) electrons. The van der Waals surface area contributed by atoms with Gasteiger partial charge in [-0.05, 0) is 37.5 Å². The van der Waals surface area contributed by atoms with Crippen LogP contribution in [0, 0.1) is 0 Å². The van der Waals surface area contributed by atoms with Crippen molar-refractivity contribution in [2.45, 2.75) is 44.7 Å². The largest absolute Gasteiger partial charge is 0.361 e. The number of aliphatic imine (C=N–C) groups is 1. The van der Waals surface area contributed by atoms with Gasteiger partial charge in [0.1, 0.15) is 10.7 Å². The van der Waals surface area contributed by atoms with Crippen molar-refractivity contribution in [2.24, 2.45) is 4.99 Å². The molecule has 1 aliphatic heterocycles. The molecule has 0 unspecified atom stereocenters. The van der Waals surface area contributed by atoms with Gasteiger partial charge in [0.15, 0.2) is 0 Å². The van der Waals surface area contributed by atoms with Gasteiger partial charge in [-0.1, -0.05) is 31.5 Å². The van der Waals surface area contributed by atoms with E-state index in [1.54, 1.807) is 0 Å². The molecule has 3 heteroatoms. The van der Waals surface area contributed by atoms with Crippen LogP contribution in [0.25, 0.3) is 0 Å². The number of rotatable bonds is 1. The van der Waals surface area contributed by atoms with E-state index in [0.29, 0.717) is 0 Å². The summed E-state index contributed by atoms with van der Waals surface area (Å²) in [5, 5.41) is 4.93. The highest BCUT2D eigenvalue weighted by Crippen LogP contribution is 2.39. The maximum Gasteiger partial charge on any atom is 0.130 e. The van der Waals surface area contributed by atoms with Gasteiger partial charge in [0.2, 0.25) is 0 Å². The topological polar surface area (TPSA) is 24.4 Å². The van der Waals surface area contributed by atoms with Gasteiger partial charge in [0, 0.05) is 11.3 Å². The average molecular weight is 260 g/mol. The summed E-state index contributed by atoms with van der Waals surface area (Å²) in [5.74, 6) is 1.09. The number of fused-ring (bicyclic) bond motifs is 1. The van der Waals surface area contributed by atoms with Crippen molar-refractivity contribution in [1.29, 1.82) is 0 Å². The molecule has 0 aromatic heterocycles. The Balaban J connectivity index is 2.00. The summed E-state index contributed by atoms with van der Waals surface area (Å²) in [5.41, 5.74) is 2.54. The van der Waals surface area contributed by atoms with E-state index >= 15 is 0 Å². The lowest BCUT2D eigenvalue weighted by atomic mass is 9.88. The van der Waals surface area contributed by atoms with Crippen LogP contribution in [-0.2, 0) is 0 Å². The SMILES string of the molecule is CCSC1=NC2(CCCCC2)Nc2ccccc21. The fraction of sp³-hybridized carbons (Fsp3) is 0.533. The van der Waals surface area contributed by atoms with E-state index in [2.05, 4.69) is 36.5 Å². The average Bonchev–Trinajstić information content (AvgIpc) is 2.40. The molecule has 3 rings (SSSR count). The minimum atomic E-state index is -0.00981. The molecule has 1 aliphatic carbocycles. The van der Waals surface area contributed by atoms with Crippen LogP contribution >= 0.6 is 11.8 Å². The van der Waals surface area contributed by atoms with Crippen molar-refractivity contribution in [2.75, 3.05) is 11.1 Å². The Kier molecular flexibility index (Phi) is 3.33. The van der Waals surface area contributed by atoms with Gasteiger partial charge in [-0.25, -0.2) is 4.99 Å². The van der Waals surface area contributed by atoms with Crippen molar-refractivity contribution >= 4 is 22.5 Å². The predicted octanol–water partition coefficient (Wildman–Crippen LogP) is 4.27. The van der Waals surface area contributed by atoms with Crippen LogP contribution in [0.5, 0.6) is 0 Å². The number of anilines is 1. The molecule has 0 amide bonds. The normalized spacial score (nSPS) is 21.1. The molecule has 0 bridgehead atoms. The minimum Gasteiger partial charge on any atom is -0.361 e. The van der Waals surface area contributed by atoms with Crippen LogP contribution in [-0.4, -0.2) is 16.5 Å². The van der Waals surface area contributed by atoms with Gasteiger partial charge in [0.05, 0.1) is 0 Å². The molecular weight excluding hydrogens is 240 g/mol. The zero-order valence-corrected chi connectivity index (χ0v) is 11.7. The zero-order chi connectivity index (χ0) is 12.4. The number of benzene rings is 1. The van der Waals surface area contributed by atoms with Gasteiger partial charge in [-0.3, -0.25) is 0 Å². The Labute approximate surface area is 113 Å². The molecular formula is C15H20N2S. The fourth-order valence-electron chi connectivity index (χ4n) is 2.93. The first-order valence-electron chi connectivity index (χ1n) is 6.93. The Bertz CT molecular complexity index is 461. The Morgan fingerprint density at radius 2 is 2.00 bits per heavy atom. The van der Waals surface area contributed by atoms with Gasteiger partial charge >= 0.3 is 0 Å². The van der Waals surface area contributed by atoms with Crippen molar-refractivity contribution in [3.8, 4) is 0 Å². The van der Waals surface area contributed by atoms with E-state index in [1.807, 2.05) is 11.8 Å². The van der Waals surface area contributed by atoms with Gasteiger partial charge in [0.25, 0.3) is 0 Å². The van der Waals surface area contributed by atoms with Crippen LogP contribution in [0.1, 0.15) is 44.6 Å².